The molecule has 0 saturated carbocycles. The molecule has 0 fully saturated rings. The molecule has 1 heterocycles. The van der Waals surface area contributed by atoms with E-state index in [-0.39, 0.29) is 11.1 Å². The van der Waals surface area contributed by atoms with Crippen LogP contribution in [0.2, 0.25) is 0 Å². The highest BCUT2D eigenvalue weighted by Crippen LogP contribution is 2.29. The Hall–Kier alpha value is -2.43. The van der Waals surface area contributed by atoms with Crippen LogP contribution in [-0.2, 0) is 5.41 Å². The van der Waals surface area contributed by atoms with E-state index < -0.39 is 4.92 Å². The molecular formula is C16H18N2O3. The van der Waals surface area contributed by atoms with Gasteiger partial charge in [-0.2, -0.15) is 0 Å². The van der Waals surface area contributed by atoms with Gasteiger partial charge in [0, 0.05) is 11.6 Å². The first kappa shape index (κ1) is 15.0. The molecule has 2 aromatic rings. The topological polar surface area (TPSA) is 65.3 Å². The number of hydrogen-bond acceptors (Lipinski definition) is 4. The van der Waals surface area contributed by atoms with Crippen LogP contribution in [0, 0.1) is 17.0 Å². The monoisotopic (exact) mass is 286 g/mol. The van der Waals surface area contributed by atoms with Crippen molar-refractivity contribution in [3.05, 3.63) is 57.8 Å². The normalized spacial score (nSPS) is 11.2. The second kappa shape index (κ2) is 5.52. The lowest BCUT2D eigenvalue weighted by atomic mass is 9.87. The SMILES string of the molecule is Cc1cc([N+](=O)[O-])cnc1Oc1cccc(C(C)(C)C)c1. The standard InChI is InChI=1S/C16H18N2O3/c1-11-8-13(18(19)20)10-17-15(11)21-14-7-5-6-12(9-14)16(2,3)4/h5-10H,1-4H3. The molecule has 0 saturated heterocycles. The van der Waals surface area contributed by atoms with Crippen LogP contribution >= 0.6 is 0 Å². The fourth-order valence-electron chi connectivity index (χ4n) is 1.89. The molecule has 0 radical (unpaired) electrons. The summed E-state index contributed by atoms with van der Waals surface area (Å²) >= 11 is 0. The van der Waals surface area contributed by atoms with Crippen LogP contribution in [0.15, 0.2) is 36.5 Å². The Morgan fingerprint density at radius 1 is 1.24 bits per heavy atom. The molecule has 0 atom stereocenters. The third kappa shape index (κ3) is 3.56. The summed E-state index contributed by atoms with van der Waals surface area (Å²) in [6.45, 7) is 8.12. The largest absolute Gasteiger partial charge is 0.439 e. The number of hydrogen-bond donors (Lipinski definition) is 0. The number of benzene rings is 1. The third-order valence-electron chi connectivity index (χ3n) is 3.14. The Kier molecular flexibility index (Phi) is 3.93. The van der Waals surface area contributed by atoms with E-state index in [1.54, 1.807) is 6.92 Å². The summed E-state index contributed by atoms with van der Waals surface area (Å²) in [5, 5.41) is 10.7. The zero-order valence-corrected chi connectivity index (χ0v) is 12.6. The van der Waals surface area contributed by atoms with E-state index in [0.717, 1.165) is 5.56 Å². The Labute approximate surface area is 123 Å². The number of aromatic nitrogens is 1. The highest BCUT2D eigenvalue weighted by molar-refractivity contribution is 5.40. The Bertz CT molecular complexity index is 675. The summed E-state index contributed by atoms with van der Waals surface area (Å²) in [4.78, 5) is 14.3. The molecule has 110 valence electrons. The van der Waals surface area contributed by atoms with Gasteiger partial charge in [0.1, 0.15) is 11.9 Å². The number of nitro groups is 1. The van der Waals surface area contributed by atoms with Gasteiger partial charge in [-0.3, -0.25) is 10.1 Å². The first-order chi connectivity index (χ1) is 9.77. The molecule has 5 heteroatoms. The van der Waals surface area contributed by atoms with Gasteiger partial charge in [-0.05, 0) is 30.0 Å². The van der Waals surface area contributed by atoms with Gasteiger partial charge in [0.15, 0.2) is 0 Å². The Morgan fingerprint density at radius 2 is 1.95 bits per heavy atom. The molecule has 1 aromatic heterocycles. The van der Waals surface area contributed by atoms with Crippen molar-refractivity contribution in [1.29, 1.82) is 0 Å². The summed E-state index contributed by atoms with van der Waals surface area (Å²) in [6.07, 6.45) is 1.20. The van der Waals surface area contributed by atoms with Gasteiger partial charge in [-0.15, -0.1) is 0 Å². The average Bonchev–Trinajstić information content (AvgIpc) is 2.40. The van der Waals surface area contributed by atoms with Gasteiger partial charge >= 0.3 is 0 Å². The summed E-state index contributed by atoms with van der Waals surface area (Å²) in [7, 11) is 0. The molecule has 5 nitrogen and oxygen atoms in total. The maximum atomic E-state index is 10.7. The van der Waals surface area contributed by atoms with Crippen LogP contribution in [0.5, 0.6) is 11.6 Å². The molecule has 0 N–H and O–H groups in total. The molecule has 0 unspecified atom stereocenters. The number of aryl methyl sites for hydroxylation is 1. The van der Waals surface area contributed by atoms with Crippen LogP contribution in [-0.4, -0.2) is 9.91 Å². The molecule has 0 bridgehead atoms. The predicted octanol–water partition coefficient (Wildman–Crippen LogP) is 4.39. The van der Waals surface area contributed by atoms with Crippen LogP contribution in [0.1, 0.15) is 31.9 Å². The molecule has 0 aliphatic carbocycles. The van der Waals surface area contributed by atoms with Gasteiger partial charge in [-0.1, -0.05) is 32.9 Å². The lowest BCUT2D eigenvalue weighted by molar-refractivity contribution is -0.385. The molecule has 0 aliphatic heterocycles. The highest BCUT2D eigenvalue weighted by atomic mass is 16.6. The Balaban J connectivity index is 2.28. The maximum absolute atomic E-state index is 10.7. The zero-order chi connectivity index (χ0) is 15.6. The van der Waals surface area contributed by atoms with E-state index in [0.29, 0.717) is 17.2 Å². The molecule has 1 aromatic carbocycles. The number of nitrogens with zero attached hydrogens (tertiary/aromatic N) is 2. The third-order valence-corrected chi connectivity index (χ3v) is 3.14. The lowest BCUT2D eigenvalue weighted by Crippen LogP contribution is -2.10. The zero-order valence-electron chi connectivity index (χ0n) is 12.6. The molecule has 2 rings (SSSR count). The quantitative estimate of drug-likeness (QED) is 0.620. The van der Waals surface area contributed by atoms with Gasteiger partial charge in [0.05, 0.1) is 4.92 Å². The van der Waals surface area contributed by atoms with Crippen LogP contribution < -0.4 is 4.74 Å². The van der Waals surface area contributed by atoms with E-state index in [1.165, 1.54) is 12.3 Å². The van der Waals surface area contributed by atoms with Crippen LogP contribution in [0.4, 0.5) is 5.69 Å². The van der Waals surface area contributed by atoms with E-state index >= 15 is 0 Å². The van der Waals surface area contributed by atoms with Crippen molar-refractivity contribution in [2.75, 3.05) is 0 Å². The predicted molar refractivity (Wildman–Crippen MR) is 80.8 cm³/mol. The van der Waals surface area contributed by atoms with E-state index in [4.69, 9.17) is 4.74 Å². The second-order valence-electron chi connectivity index (χ2n) is 5.95. The van der Waals surface area contributed by atoms with Crippen molar-refractivity contribution in [3.8, 4) is 11.6 Å². The second-order valence-corrected chi connectivity index (χ2v) is 5.95. The average molecular weight is 286 g/mol. The Morgan fingerprint density at radius 3 is 2.52 bits per heavy atom. The van der Waals surface area contributed by atoms with Crippen molar-refractivity contribution in [1.82, 2.24) is 4.98 Å². The number of rotatable bonds is 3. The van der Waals surface area contributed by atoms with Gasteiger partial charge in [0.2, 0.25) is 5.88 Å². The van der Waals surface area contributed by atoms with Crippen molar-refractivity contribution < 1.29 is 9.66 Å². The van der Waals surface area contributed by atoms with Crippen molar-refractivity contribution in [2.45, 2.75) is 33.1 Å². The van der Waals surface area contributed by atoms with Gasteiger partial charge < -0.3 is 4.74 Å². The minimum Gasteiger partial charge on any atom is -0.439 e. The summed E-state index contributed by atoms with van der Waals surface area (Å²) in [5.41, 5.74) is 1.77. The molecule has 21 heavy (non-hydrogen) atoms. The fraction of sp³-hybridized carbons (Fsp3) is 0.312. The van der Waals surface area contributed by atoms with E-state index in [9.17, 15) is 10.1 Å². The lowest BCUT2D eigenvalue weighted by Gasteiger charge is -2.19. The fourth-order valence-corrected chi connectivity index (χ4v) is 1.89. The molecule has 0 amide bonds. The van der Waals surface area contributed by atoms with Crippen LogP contribution in [0.25, 0.3) is 0 Å². The molecular weight excluding hydrogens is 268 g/mol. The summed E-state index contributed by atoms with van der Waals surface area (Å²) in [5.74, 6) is 1.05. The summed E-state index contributed by atoms with van der Waals surface area (Å²) in [6, 6.07) is 9.23. The first-order valence-corrected chi connectivity index (χ1v) is 6.67. The van der Waals surface area contributed by atoms with E-state index in [2.05, 4.69) is 25.8 Å². The minimum atomic E-state index is -0.468. The van der Waals surface area contributed by atoms with Crippen molar-refractivity contribution in [3.63, 3.8) is 0 Å². The van der Waals surface area contributed by atoms with Crippen molar-refractivity contribution >= 4 is 5.69 Å². The maximum Gasteiger partial charge on any atom is 0.288 e. The van der Waals surface area contributed by atoms with Gasteiger partial charge in [-0.25, -0.2) is 4.98 Å². The first-order valence-electron chi connectivity index (χ1n) is 6.67. The van der Waals surface area contributed by atoms with E-state index in [1.807, 2.05) is 24.3 Å². The highest BCUT2D eigenvalue weighted by Gasteiger charge is 2.15. The van der Waals surface area contributed by atoms with Crippen molar-refractivity contribution in [2.24, 2.45) is 0 Å². The number of ether oxygens (including phenoxy) is 1. The molecule has 0 spiro atoms. The molecule has 0 aliphatic rings. The summed E-state index contributed by atoms with van der Waals surface area (Å²) < 4.78 is 5.75. The minimum absolute atomic E-state index is 0.0251. The van der Waals surface area contributed by atoms with Crippen LogP contribution in [0.3, 0.4) is 0 Å². The number of pyridine rings is 1. The smallest absolute Gasteiger partial charge is 0.288 e. The van der Waals surface area contributed by atoms with Gasteiger partial charge in [0.25, 0.3) is 5.69 Å².